The lowest BCUT2D eigenvalue weighted by molar-refractivity contribution is 0.440. The molecule has 1 aromatic heterocycles. The van der Waals surface area contributed by atoms with Gasteiger partial charge in [0.2, 0.25) is 0 Å². The minimum Gasteiger partial charge on any atom is -0.332 e. The topological polar surface area (TPSA) is 43.8 Å². The first-order chi connectivity index (χ1) is 5.38. The Morgan fingerprint density at radius 1 is 1.64 bits per heavy atom. The molecule has 0 bridgehead atoms. The second kappa shape index (κ2) is 4.08. The summed E-state index contributed by atoms with van der Waals surface area (Å²) in [7, 11) is 0. The average molecular weight is 157 g/mol. The number of hydrogen-bond donors (Lipinski definition) is 1. The quantitative estimate of drug-likeness (QED) is 0.685. The third-order valence-electron chi connectivity index (χ3n) is 1.52. The molecule has 62 valence electrons. The normalized spacial score (nSPS) is 10.4. The lowest BCUT2D eigenvalue weighted by Crippen LogP contribution is -2.09. The van der Waals surface area contributed by atoms with Gasteiger partial charge in [-0.15, -0.1) is 0 Å². The van der Waals surface area contributed by atoms with Crippen LogP contribution in [-0.2, 0) is 13.0 Å². The number of halogens is 1. The van der Waals surface area contributed by atoms with Crippen LogP contribution in [0.1, 0.15) is 5.69 Å². The maximum Gasteiger partial charge on any atom is 0.107 e. The fraction of sp³-hybridized carbons (Fsp3) is 0.571. The van der Waals surface area contributed by atoms with Gasteiger partial charge >= 0.3 is 0 Å². The molecule has 4 heteroatoms. The smallest absolute Gasteiger partial charge is 0.107 e. The predicted octanol–water partition coefficient (Wildman–Crippen LogP) is 0.354. The Balaban J connectivity index is 2.62. The van der Waals surface area contributed by atoms with Crippen LogP contribution in [0.2, 0.25) is 0 Å². The van der Waals surface area contributed by atoms with Gasteiger partial charge in [-0.05, 0) is 6.54 Å². The minimum atomic E-state index is -0.353. The van der Waals surface area contributed by atoms with Gasteiger partial charge in [0.25, 0.3) is 0 Å². The second-order valence-corrected chi connectivity index (χ2v) is 2.31. The minimum absolute atomic E-state index is 0.353. The average Bonchev–Trinajstić information content (AvgIpc) is 2.39. The van der Waals surface area contributed by atoms with Gasteiger partial charge < -0.3 is 10.3 Å². The first-order valence-electron chi connectivity index (χ1n) is 3.63. The van der Waals surface area contributed by atoms with Gasteiger partial charge in [-0.1, -0.05) is 0 Å². The van der Waals surface area contributed by atoms with Crippen LogP contribution >= 0.6 is 0 Å². The summed E-state index contributed by atoms with van der Waals surface area (Å²) >= 11 is 0. The van der Waals surface area contributed by atoms with Crippen molar-refractivity contribution in [2.45, 2.75) is 13.0 Å². The van der Waals surface area contributed by atoms with Gasteiger partial charge in [-0.3, -0.25) is 0 Å². The molecule has 0 spiro atoms. The highest BCUT2D eigenvalue weighted by atomic mass is 19.1. The van der Waals surface area contributed by atoms with Gasteiger partial charge in [-0.25, -0.2) is 9.37 Å². The van der Waals surface area contributed by atoms with E-state index in [-0.39, 0.29) is 6.67 Å². The van der Waals surface area contributed by atoms with E-state index in [9.17, 15) is 4.39 Å². The molecule has 3 nitrogen and oxygen atoms in total. The monoisotopic (exact) mass is 157 g/mol. The number of aryl methyl sites for hydroxylation is 1. The molecular weight excluding hydrogens is 145 g/mol. The molecule has 0 saturated heterocycles. The third-order valence-corrected chi connectivity index (χ3v) is 1.52. The molecule has 11 heavy (non-hydrogen) atoms. The van der Waals surface area contributed by atoms with Gasteiger partial charge in [0.15, 0.2) is 0 Å². The standard InChI is InChI=1S/C7H12FN3/c8-2-4-11-6-10-5-7(11)1-3-9/h5-6H,1-4,9H2. The van der Waals surface area contributed by atoms with Crippen molar-refractivity contribution in [2.75, 3.05) is 13.2 Å². The molecule has 0 fully saturated rings. The Morgan fingerprint density at radius 3 is 3.09 bits per heavy atom. The van der Waals surface area contributed by atoms with E-state index >= 15 is 0 Å². The summed E-state index contributed by atoms with van der Waals surface area (Å²) in [4.78, 5) is 3.90. The number of rotatable bonds is 4. The van der Waals surface area contributed by atoms with Gasteiger partial charge in [-0.2, -0.15) is 0 Å². The summed E-state index contributed by atoms with van der Waals surface area (Å²) in [5.74, 6) is 0. The predicted molar refractivity (Wildman–Crippen MR) is 41.0 cm³/mol. The van der Waals surface area contributed by atoms with E-state index in [1.54, 1.807) is 17.1 Å². The van der Waals surface area contributed by atoms with Crippen LogP contribution in [0.4, 0.5) is 4.39 Å². The highest BCUT2D eigenvalue weighted by Gasteiger charge is 1.98. The SMILES string of the molecule is NCCc1cncn1CCF. The number of nitrogens with two attached hydrogens (primary N) is 1. The summed E-state index contributed by atoms with van der Waals surface area (Å²) in [6.07, 6.45) is 4.12. The molecule has 0 aromatic carbocycles. The fourth-order valence-electron chi connectivity index (χ4n) is 0.997. The van der Waals surface area contributed by atoms with Crippen LogP contribution in [0.5, 0.6) is 0 Å². The maximum atomic E-state index is 11.9. The van der Waals surface area contributed by atoms with Gasteiger partial charge in [0.1, 0.15) is 6.67 Å². The van der Waals surface area contributed by atoms with Crippen LogP contribution < -0.4 is 5.73 Å². The molecular formula is C7H12FN3. The maximum absolute atomic E-state index is 11.9. The molecule has 0 aliphatic carbocycles. The molecule has 1 rings (SSSR count). The van der Waals surface area contributed by atoms with E-state index in [4.69, 9.17) is 5.73 Å². The zero-order valence-corrected chi connectivity index (χ0v) is 6.33. The molecule has 0 atom stereocenters. The van der Waals surface area contributed by atoms with Crippen LogP contribution in [0, 0.1) is 0 Å². The fourth-order valence-corrected chi connectivity index (χ4v) is 0.997. The van der Waals surface area contributed by atoms with Crippen molar-refractivity contribution in [1.29, 1.82) is 0 Å². The number of hydrogen-bond acceptors (Lipinski definition) is 2. The Labute approximate surface area is 65.0 Å². The van der Waals surface area contributed by atoms with Crippen LogP contribution in [0.15, 0.2) is 12.5 Å². The first kappa shape index (κ1) is 8.20. The van der Waals surface area contributed by atoms with E-state index in [1.807, 2.05) is 0 Å². The van der Waals surface area contributed by atoms with E-state index in [2.05, 4.69) is 4.98 Å². The van der Waals surface area contributed by atoms with E-state index in [0.29, 0.717) is 13.1 Å². The Kier molecular flexibility index (Phi) is 3.04. The van der Waals surface area contributed by atoms with Crippen molar-refractivity contribution in [2.24, 2.45) is 5.73 Å². The zero-order valence-electron chi connectivity index (χ0n) is 6.33. The number of aromatic nitrogens is 2. The van der Waals surface area contributed by atoms with Crippen molar-refractivity contribution in [3.8, 4) is 0 Å². The Morgan fingerprint density at radius 2 is 2.45 bits per heavy atom. The third kappa shape index (κ3) is 2.01. The lowest BCUT2D eigenvalue weighted by atomic mass is 10.3. The molecule has 0 radical (unpaired) electrons. The van der Waals surface area contributed by atoms with E-state index in [1.165, 1.54) is 0 Å². The highest BCUT2D eigenvalue weighted by molar-refractivity contribution is 4.98. The molecule has 0 aliphatic heterocycles. The zero-order chi connectivity index (χ0) is 8.10. The number of alkyl halides is 1. The summed E-state index contributed by atoms with van der Waals surface area (Å²) in [5, 5.41) is 0. The highest BCUT2D eigenvalue weighted by Crippen LogP contribution is 1.99. The van der Waals surface area contributed by atoms with E-state index < -0.39 is 0 Å². The van der Waals surface area contributed by atoms with Crippen LogP contribution in [0.3, 0.4) is 0 Å². The Bertz CT molecular complexity index is 189. The van der Waals surface area contributed by atoms with Crippen LogP contribution in [-0.4, -0.2) is 22.8 Å². The molecule has 2 N–H and O–H groups in total. The van der Waals surface area contributed by atoms with Crippen molar-refractivity contribution < 1.29 is 4.39 Å². The van der Waals surface area contributed by atoms with Crippen LogP contribution in [0.25, 0.3) is 0 Å². The first-order valence-corrected chi connectivity index (χ1v) is 3.63. The van der Waals surface area contributed by atoms with Crippen molar-refractivity contribution in [1.82, 2.24) is 9.55 Å². The molecule has 1 heterocycles. The number of imidazole rings is 1. The molecule has 0 amide bonds. The summed E-state index contributed by atoms with van der Waals surface area (Å²) in [5.41, 5.74) is 6.35. The van der Waals surface area contributed by atoms with Crippen molar-refractivity contribution in [3.05, 3.63) is 18.2 Å². The summed E-state index contributed by atoms with van der Waals surface area (Å²) in [6, 6.07) is 0. The summed E-state index contributed by atoms with van der Waals surface area (Å²) in [6.45, 7) is 0.612. The second-order valence-electron chi connectivity index (χ2n) is 2.31. The molecule has 0 aliphatic rings. The van der Waals surface area contributed by atoms with Crippen molar-refractivity contribution in [3.63, 3.8) is 0 Å². The molecule has 0 unspecified atom stereocenters. The molecule has 1 aromatic rings. The van der Waals surface area contributed by atoms with Crippen molar-refractivity contribution >= 4 is 0 Å². The van der Waals surface area contributed by atoms with Gasteiger partial charge in [0.05, 0.1) is 12.9 Å². The largest absolute Gasteiger partial charge is 0.332 e. The Hall–Kier alpha value is -0.900. The number of nitrogens with zero attached hydrogens (tertiary/aromatic N) is 2. The van der Waals surface area contributed by atoms with Gasteiger partial charge in [0, 0.05) is 18.3 Å². The van der Waals surface area contributed by atoms with E-state index in [0.717, 1.165) is 12.1 Å². The lowest BCUT2D eigenvalue weighted by Gasteiger charge is -2.02. The molecule has 0 saturated carbocycles. The summed E-state index contributed by atoms with van der Waals surface area (Å²) < 4.78 is 13.7.